The zero-order chi connectivity index (χ0) is 12.0. The van der Waals surface area contributed by atoms with Gasteiger partial charge in [-0.05, 0) is 25.3 Å². The number of benzene rings is 1. The van der Waals surface area contributed by atoms with Crippen molar-refractivity contribution in [3.05, 3.63) is 28.9 Å². The molecule has 1 aliphatic rings. The molecule has 0 amide bonds. The van der Waals surface area contributed by atoms with Crippen LogP contribution in [0.2, 0.25) is 5.02 Å². The topological polar surface area (TPSA) is 52.0 Å². The quantitative estimate of drug-likeness (QED) is 0.896. The first-order chi connectivity index (χ1) is 8.06. The number of nitrogens with two attached hydrogens (primary N) is 1. The molecule has 1 aromatic carbocycles. The number of nitrogens with zero attached hydrogens (tertiary/aromatic N) is 1. The molecule has 3 nitrogen and oxygen atoms in total. The van der Waals surface area contributed by atoms with Crippen LogP contribution in [0.25, 0.3) is 11.1 Å². The second-order valence-corrected chi connectivity index (χ2v) is 5.14. The van der Waals surface area contributed by atoms with Crippen molar-refractivity contribution >= 4 is 22.7 Å². The van der Waals surface area contributed by atoms with Gasteiger partial charge in [-0.25, -0.2) is 9.37 Å². The summed E-state index contributed by atoms with van der Waals surface area (Å²) in [6.07, 6.45) is 3.69. The zero-order valence-corrected chi connectivity index (χ0v) is 9.93. The smallest absolute Gasteiger partial charge is 0.197 e. The minimum Gasteiger partial charge on any atom is -0.439 e. The molecule has 90 valence electrons. The average Bonchev–Trinajstić information content (AvgIpc) is 2.58. The third-order valence-electron chi connectivity index (χ3n) is 3.31. The Morgan fingerprint density at radius 3 is 2.88 bits per heavy atom. The van der Waals surface area contributed by atoms with E-state index in [9.17, 15) is 4.39 Å². The largest absolute Gasteiger partial charge is 0.439 e. The molecule has 2 aromatic rings. The molecule has 5 heteroatoms. The molecule has 1 aliphatic carbocycles. The average molecular weight is 255 g/mol. The van der Waals surface area contributed by atoms with E-state index in [1.807, 2.05) is 0 Å². The standard InChI is InChI=1S/C12H12ClFN2O/c13-8-4-7(14)5-9-11(8)17-10(16-9)6-12(15)2-1-3-12/h4-5H,1-3,6,15H2. The molecule has 0 aliphatic heterocycles. The minimum absolute atomic E-state index is 0.202. The first-order valence-corrected chi connectivity index (χ1v) is 5.97. The Balaban J connectivity index is 1.99. The van der Waals surface area contributed by atoms with Crippen LogP contribution in [-0.4, -0.2) is 10.5 Å². The van der Waals surface area contributed by atoms with Crippen molar-refractivity contribution in [2.75, 3.05) is 0 Å². The molecule has 2 N–H and O–H groups in total. The molecule has 17 heavy (non-hydrogen) atoms. The van der Waals surface area contributed by atoms with Crippen molar-refractivity contribution in [1.82, 2.24) is 4.98 Å². The van der Waals surface area contributed by atoms with Crippen molar-refractivity contribution < 1.29 is 8.81 Å². The Bertz CT molecular complexity index is 577. The van der Waals surface area contributed by atoms with Crippen LogP contribution in [-0.2, 0) is 6.42 Å². The normalized spacial score (nSPS) is 18.3. The number of fused-ring (bicyclic) bond motifs is 1. The summed E-state index contributed by atoms with van der Waals surface area (Å²) >= 11 is 5.89. The third kappa shape index (κ3) is 1.91. The molecule has 0 atom stereocenters. The van der Waals surface area contributed by atoms with Crippen LogP contribution in [0.1, 0.15) is 25.2 Å². The van der Waals surface area contributed by atoms with Crippen LogP contribution in [0.5, 0.6) is 0 Å². The van der Waals surface area contributed by atoms with Gasteiger partial charge in [-0.3, -0.25) is 0 Å². The van der Waals surface area contributed by atoms with E-state index in [1.165, 1.54) is 12.1 Å². The lowest BCUT2D eigenvalue weighted by Crippen LogP contribution is -2.48. The minimum atomic E-state index is -0.409. The van der Waals surface area contributed by atoms with Gasteiger partial charge in [-0.2, -0.15) is 0 Å². The Morgan fingerprint density at radius 1 is 1.47 bits per heavy atom. The maximum absolute atomic E-state index is 13.1. The summed E-state index contributed by atoms with van der Waals surface area (Å²) in [7, 11) is 0. The van der Waals surface area contributed by atoms with Crippen molar-refractivity contribution in [2.45, 2.75) is 31.2 Å². The van der Waals surface area contributed by atoms with E-state index in [2.05, 4.69) is 4.98 Å². The van der Waals surface area contributed by atoms with E-state index < -0.39 is 5.82 Å². The van der Waals surface area contributed by atoms with Gasteiger partial charge >= 0.3 is 0 Å². The molecule has 0 saturated heterocycles. The summed E-state index contributed by atoms with van der Waals surface area (Å²) < 4.78 is 18.7. The third-order valence-corrected chi connectivity index (χ3v) is 3.59. The van der Waals surface area contributed by atoms with Gasteiger partial charge < -0.3 is 10.2 Å². The Labute approximate surface area is 103 Å². The maximum Gasteiger partial charge on any atom is 0.197 e. The fourth-order valence-electron chi connectivity index (χ4n) is 2.19. The van der Waals surface area contributed by atoms with Crippen molar-refractivity contribution in [3.63, 3.8) is 0 Å². The Hall–Kier alpha value is -1.13. The maximum atomic E-state index is 13.1. The lowest BCUT2D eigenvalue weighted by Gasteiger charge is -2.36. The molecule has 1 aromatic heterocycles. The van der Waals surface area contributed by atoms with E-state index in [4.69, 9.17) is 21.8 Å². The molecule has 1 heterocycles. The van der Waals surface area contributed by atoms with E-state index in [0.717, 1.165) is 19.3 Å². The number of hydrogen-bond donors (Lipinski definition) is 1. The van der Waals surface area contributed by atoms with E-state index >= 15 is 0 Å². The number of oxazole rings is 1. The Morgan fingerprint density at radius 2 is 2.24 bits per heavy atom. The van der Waals surface area contributed by atoms with Crippen molar-refractivity contribution in [1.29, 1.82) is 0 Å². The monoisotopic (exact) mass is 254 g/mol. The highest BCUT2D eigenvalue weighted by molar-refractivity contribution is 6.34. The summed E-state index contributed by atoms with van der Waals surface area (Å²) in [5, 5.41) is 0.249. The highest BCUT2D eigenvalue weighted by atomic mass is 35.5. The molecule has 0 spiro atoms. The number of hydrogen-bond acceptors (Lipinski definition) is 3. The van der Waals surface area contributed by atoms with Gasteiger partial charge in [0.2, 0.25) is 0 Å². The number of rotatable bonds is 2. The van der Waals surface area contributed by atoms with Crippen LogP contribution in [0, 0.1) is 5.82 Å². The summed E-state index contributed by atoms with van der Waals surface area (Å²) in [5.41, 5.74) is 6.80. The van der Waals surface area contributed by atoms with Gasteiger partial charge in [-0.15, -0.1) is 0 Å². The van der Waals surface area contributed by atoms with E-state index in [0.29, 0.717) is 23.4 Å². The van der Waals surface area contributed by atoms with E-state index in [-0.39, 0.29) is 10.6 Å². The Kier molecular flexibility index (Phi) is 2.38. The molecule has 0 unspecified atom stereocenters. The molecule has 3 rings (SSSR count). The number of aromatic nitrogens is 1. The molecule has 1 saturated carbocycles. The van der Waals surface area contributed by atoms with Crippen LogP contribution in [0.4, 0.5) is 4.39 Å². The van der Waals surface area contributed by atoms with Crippen LogP contribution in [0.15, 0.2) is 16.5 Å². The van der Waals surface area contributed by atoms with Gasteiger partial charge in [0, 0.05) is 18.0 Å². The van der Waals surface area contributed by atoms with Gasteiger partial charge in [0.25, 0.3) is 0 Å². The summed E-state index contributed by atoms with van der Waals surface area (Å²) in [6, 6.07) is 2.54. The molecular formula is C12H12ClFN2O. The summed E-state index contributed by atoms with van der Waals surface area (Å²) in [5.74, 6) is 0.128. The van der Waals surface area contributed by atoms with Gasteiger partial charge in [0.05, 0.1) is 5.02 Å². The lowest BCUT2D eigenvalue weighted by atomic mass is 9.75. The predicted molar refractivity (Wildman–Crippen MR) is 63.5 cm³/mol. The van der Waals surface area contributed by atoms with Crippen LogP contribution < -0.4 is 5.73 Å². The molecule has 0 radical (unpaired) electrons. The molecule has 1 fully saturated rings. The van der Waals surface area contributed by atoms with Crippen LogP contribution >= 0.6 is 11.6 Å². The lowest BCUT2D eigenvalue weighted by molar-refractivity contribution is 0.232. The molecular weight excluding hydrogens is 243 g/mol. The van der Waals surface area contributed by atoms with Gasteiger partial charge in [0.15, 0.2) is 11.5 Å². The van der Waals surface area contributed by atoms with Crippen molar-refractivity contribution in [3.8, 4) is 0 Å². The van der Waals surface area contributed by atoms with Crippen molar-refractivity contribution in [2.24, 2.45) is 5.73 Å². The zero-order valence-electron chi connectivity index (χ0n) is 9.17. The number of halogens is 2. The van der Waals surface area contributed by atoms with Crippen LogP contribution in [0.3, 0.4) is 0 Å². The van der Waals surface area contributed by atoms with E-state index in [1.54, 1.807) is 0 Å². The summed E-state index contributed by atoms with van der Waals surface area (Å²) in [4.78, 5) is 4.23. The predicted octanol–water partition coefficient (Wildman–Crippen LogP) is 3.04. The SMILES string of the molecule is NC1(Cc2nc3cc(F)cc(Cl)c3o2)CCC1. The first-order valence-electron chi connectivity index (χ1n) is 5.59. The fraction of sp³-hybridized carbons (Fsp3) is 0.417. The van der Waals surface area contributed by atoms with Gasteiger partial charge in [0.1, 0.15) is 11.3 Å². The highest BCUT2D eigenvalue weighted by Gasteiger charge is 2.34. The molecule has 0 bridgehead atoms. The second kappa shape index (κ2) is 3.68. The first kappa shape index (κ1) is 11.0. The van der Waals surface area contributed by atoms with Gasteiger partial charge in [-0.1, -0.05) is 11.6 Å². The fourth-order valence-corrected chi connectivity index (χ4v) is 2.43. The summed E-state index contributed by atoms with van der Waals surface area (Å²) in [6.45, 7) is 0. The highest BCUT2D eigenvalue weighted by Crippen LogP contribution is 2.34. The second-order valence-electron chi connectivity index (χ2n) is 4.74.